The van der Waals surface area contributed by atoms with Crippen molar-refractivity contribution in [3.63, 3.8) is 0 Å². The number of fused-ring (bicyclic) bond motifs is 2. The number of rotatable bonds is 5. The van der Waals surface area contributed by atoms with E-state index in [0.29, 0.717) is 18.1 Å². The zero-order valence-corrected chi connectivity index (χ0v) is 17.7. The van der Waals surface area contributed by atoms with Crippen LogP contribution < -0.4 is 15.1 Å². The van der Waals surface area contributed by atoms with Crippen LogP contribution >= 0.6 is 0 Å². The molecule has 2 bridgehead atoms. The van der Waals surface area contributed by atoms with E-state index >= 15 is 0 Å². The van der Waals surface area contributed by atoms with E-state index in [4.69, 9.17) is 4.98 Å². The number of aromatic nitrogens is 5. The van der Waals surface area contributed by atoms with Gasteiger partial charge in [-0.3, -0.25) is 5.10 Å². The van der Waals surface area contributed by atoms with Gasteiger partial charge in [-0.1, -0.05) is 0 Å². The molecule has 0 saturated carbocycles. The molecule has 0 spiro atoms. The highest BCUT2D eigenvalue weighted by molar-refractivity contribution is 5.77. The second-order valence-electron chi connectivity index (χ2n) is 8.60. The van der Waals surface area contributed by atoms with Gasteiger partial charge in [-0.2, -0.15) is 5.10 Å². The third-order valence-corrected chi connectivity index (χ3v) is 6.38. The van der Waals surface area contributed by atoms with Gasteiger partial charge in [0.25, 0.3) is 0 Å². The van der Waals surface area contributed by atoms with E-state index in [1.54, 1.807) is 6.20 Å². The van der Waals surface area contributed by atoms with Gasteiger partial charge < -0.3 is 15.1 Å². The average molecular weight is 405 g/mol. The highest BCUT2D eigenvalue weighted by Crippen LogP contribution is 2.32. The number of nitrogens with one attached hydrogen (secondary N) is 2. The SMILES string of the molecule is CN(C)c1nc(-c2ccc(N(C)[C@@H]3C[C@H]4CC[C@@H](C3)N4)nn2)ccc1-c1cn[nH]c1. The molecule has 8 nitrogen and oxygen atoms in total. The minimum absolute atomic E-state index is 0.525. The number of aromatic amines is 1. The molecule has 2 saturated heterocycles. The second kappa shape index (κ2) is 7.68. The predicted octanol–water partition coefficient (Wildman–Crippen LogP) is 2.71. The number of nitrogens with zero attached hydrogens (tertiary/aromatic N) is 6. The fourth-order valence-corrected chi connectivity index (χ4v) is 4.74. The summed E-state index contributed by atoms with van der Waals surface area (Å²) >= 11 is 0. The molecular weight excluding hydrogens is 376 g/mol. The van der Waals surface area contributed by atoms with Crippen molar-refractivity contribution < 1.29 is 0 Å². The fraction of sp³-hybridized carbons (Fsp3) is 0.455. The second-order valence-corrected chi connectivity index (χ2v) is 8.60. The number of pyridine rings is 1. The third kappa shape index (κ3) is 3.52. The smallest absolute Gasteiger partial charge is 0.151 e. The minimum atomic E-state index is 0.525. The Morgan fingerprint density at radius 3 is 2.33 bits per heavy atom. The first kappa shape index (κ1) is 19.0. The fourth-order valence-electron chi connectivity index (χ4n) is 4.74. The van der Waals surface area contributed by atoms with Crippen LogP contribution in [0.25, 0.3) is 22.5 Å². The molecule has 2 aliphatic rings. The summed E-state index contributed by atoms with van der Waals surface area (Å²) in [6.07, 6.45) is 8.64. The summed E-state index contributed by atoms with van der Waals surface area (Å²) in [4.78, 5) is 9.15. The van der Waals surface area contributed by atoms with Crippen LogP contribution in [0.4, 0.5) is 11.6 Å². The Morgan fingerprint density at radius 1 is 0.933 bits per heavy atom. The molecule has 3 aromatic heterocycles. The molecule has 0 aromatic carbocycles. The number of piperidine rings is 1. The summed E-state index contributed by atoms with van der Waals surface area (Å²) in [5.41, 5.74) is 3.63. The third-order valence-electron chi connectivity index (χ3n) is 6.38. The van der Waals surface area contributed by atoms with Gasteiger partial charge in [0.15, 0.2) is 5.82 Å². The first-order chi connectivity index (χ1) is 14.6. The maximum Gasteiger partial charge on any atom is 0.151 e. The Labute approximate surface area is 176 Å². The number of anilines is 2. The van der Waals surface area contributed by atoms with Gasteiger partial charge in [0.1, 0.15) is 11.5 Å². The molecule has 156 valence electrons. The van der Waals surface area contributed by atoms with E-state index in [-0.39, 0.29) is 0 Å². The normalized spacial score (nSPS) is 22.8. The highest BCUT2D eigenvalue weighted by atomic mass is 15.3. The summed E-state index contributed by atoms with van der Waals surface area (Å²) in [5, 5.41) is 19.7. The zero-order chi connectivity index (χ0) is 20.7. The van der Waals surface area contributed by atoms with Gasteiger partial charge >= 0.3 is 0 Å². The largest absolute Gasteiger partial charge is 0.362 e. The van der Waals surface area contributed by atoms with Crippen molar-refractivity contribution in [2.45, 2.75) is 43.8 Å². The Kier molecular flexibility index (Phi) is 4.86. The Balaban J connectivity index is 1.38. The molecule has 2 aliphatic heterocycles. The molecule has 2 N–H and O–H groups in total. The predicted molar refractivity (Wildman–Crippen MR) is 119 cm³/mol. The van der Waals surface area contributed by atoms with E-state index in [0.717, 1.165) is 34.2 Å². The lowest BCUT2D eigenvalue weighted by Crippen LogP contribution is -2.47. The molecular formula is C22H28N8. The van der Waals surface area contributed by atoms with E-state index < -0.39 is 0 Å². The van der Waals surface area contributed by atoms with Crippen LogP contribution in [-0.2, 0) is 0 Å². The van der Waals surface area contributed by atoms with Gasteiger partial charge in [-0.15, -0.1) is 10.2 Å². The zero-order valence-electron chi connectivity index (χ0n) is 17.7. The van der Waals surface area contributed by atoms with Crippen molar-refractivity contribution in [1.82, 2.24) is 30.7 Å². The molecule has 0 unspecified atom stereocenters. The van der Waals surface area contributed by atoms with Gasteiger partial charge in [-0.05, 0) is 49.9 Å². The van der Waals surface area contributed by atoms with Crippen LogP contribution in [0, 0.1) is 0 Å². The maximum atomic E-state index is 4.85. The van der Waals surface area contributed by atoms with Crippen LogP contribution in [-0.4, -0.2) is 64.6 Å². The van der Waals surface area contributed by atoms with Crippen molar-refractivity contribution >= 4 is 11.6 Å². The topological polar surface area (TPSA) is 85.9 Å². The molecule has 0 radical (unpaired) electrons. The highest BCUT2D eigenvalue weighted by Gasteiger charge is 2.35. The van der Waals surface area contributed by atoms with Crippen LogP contribution in [0.15, 0.2) is 36.7 Å². The molecule has 2 fully saturated rings. The van der Waals surface area contributed by atoms with Crippen LogP contribution in [0.1, 0.15) is 25.7 Å². The molecule has 0 amide bonds. The van der Waals surface area contributed by atoms with E-state index in [1.165, 1.54) is 25.7 Å². The molecule has 3 aromatic rings. The van der Waals surface area contributed by atoms with Crippen molar-refractivity contribution in [2.75, 3.05) is 30.9 Å². The lowest BCUT2D eigenvalue weighted by Gasteiger charge is -2.36. The van der Waals surface area contributed by atoms with Gasteiger partial charge in [-0.25, -0.2) is 4.98 Å². The summed E-state index contributed by atoms with van der Waals surface area (Å²) in [6.45, 7) is 0. The monoisotopic (exact) mass is 404 g/mol. The first-order valence-corrected chi connectivity index (χ1v) is 10.6. The van der Waals surface area contributed by atoms with Crippen molar-refractivity contribution in [3.05, 3.63) is 36.7 Å². The summed E-state index contributed by atoms with van der Waals surface area (Å²) in [5.74, 6) is 1.80. The Bertz CT molecular complexity index is 986. The Morgan fingerprint density at radius 2 is 1.70 bits per heavy atom. The lowest BCUT2D eigenvalue weighted by atomic mass is 9.98. The summed E-state index contributed by atoms with van der Waals surface area (Å²) < 4.78 is 0. The average Bonchev–Trinajstić information content (AvgIpc) is 3.42. The van der Waals surface area contributed by atoms with E-state index in [1.807, 2.05) is 37.3 Å². The maximum absolute atomic E-state index is 4.85. The number of hydrogen-bond donors (Lipinski definition) is 2. The molecule has 5 heterocycles. The number of hydrogen-bond acceptors (Lipinski definition) is 7. The van der Waals surface area contributed by atoms with Crippen LogP contribution in [0.3, 0.4) is 0 Å². The standard InChI is InChI=1S/C22H28N8/c1-29(2)22-18(14-12-23-24-13-14)6-7-19(26-22)20-8-9-21(28-27-20)30(3)17-10-15-4-5-16(11-17)25-15/h6-9,12-13,15-17,25H,4-5,10-11H2,1-3H3,(H,23,24)/t15-,16+,17-. The van der Waals surface area contributed by atoms with Crippen LogP contribution in [0.5, 0.6) is 0 Å². The number of H-pyrrole nitrogens is 1. The molecule has 3 atom stereocenters. The van der Waals surface area contributed by atoms with Crippen molar-refractivity contribution in [3.8, 4) is 22.5 Å². The molecule has 5 rings (SSSR count). The van der Waals surface area contributed by atoms with Crippen LogP contribution in [0.2, 0.25) is 0 Å². The van der Waals surface area contributed by atoms with E-state index in [9.17, 15) is 0 Å². The van der Waals surface area contributed by atoms with E-state index in [2.05, 4.69) is 49.8 Å². The van der Waals surface area contributed by atoms with Gasteiger partial charge in [0, 0.05) is 56.6 Å². The molecule has 8 heteroatoms. The minimum Gasteiger partial charge on any atom is -0.362 e. The Hall–Kier alpha value is -3.00. The summed E-state index contributed by atoms with van der Waals surface area (Å²) in [7, 11) is 6.12. The quantitative estimate of drug-likeness (QED) is 0.676. The molecule has 0 aliphatic carbocycles. The van der Waals surface area contributed by atoms with Gasteiger partial charge in [0.05, 0.1) is 11.9 Å². The lowest BCUT2D eigenvalue weighted by molar-refractivity contribution is 0.353. The first-order valence-electron chi connectivity index (χ1n) is 10.6. The summed E-state index contributed by atoms with van der Waals surface area (Å²) in [6, 6.07) is 9.98. The van der Waals surface area contributed by atoms with Crippen molar-refractivity contribution in [1.29, 1.82) is 0 Å². The van der Waals surface area contributed by atoms with Crippen molar-refractivity contribution in [2.24, 2.45) is 0 Å². The molecule has 30 heavy (non-hydrogen) atoms. The van der Waals surface area contributed by atoms with Gasteiger partial charge in [0.2, 0.25) is 0 Å².